The van der Waals surface area contributed by atoms with Gasteiger partial charge in [-0.05, 0) is 24.6 Å². The predicted octanol–water partition coefficient (Wildman–Crippen LogP) is 2.86. The van der Waals surface area contributed by atoms with Gasteiger partial charge in [-0.25, -0.2) is 13.9 Å². The summed E-state index contributed by atoms with van der Waals surface area (Å²) in [4.78, 5) is 11.7. The zero-order chi connectivity index (χ0) is 15.4. The van der Waals surface area contributed by atoms with Crippen molar-refractivity contribution in [1.29, 1.82) is 0 Å². The highest BCUT2D eigenvalue weighted by Gasteiger charge is 2.20. The van der Waals surface area contributed by atoms with Gasteiger partial charge in [-0.15, -0.1) is 5.10 Å². The molecular formula is C14H15ClFN3O2. The summed E-state index contributed by atoms with van der Waals surface area (Å²) in [7, 11) is 1.29. The van der Waals surface area contributed by atoms with E-state index in [2.05, 4.69) is 15.0 Å². The van der Waals surface area contributed by atoms with Crippen molar-refractivity contribution in [2.45, 2.75) is 26.3 Å². The van der Waals surface area contributed by atoms with Gasteiger partial charge in [0.05, 0.1) is 19.3 Å². The normalized spacial score (nSPS) is 10.7. The molecule has 0 amide bonds. The van der Waals surface area contributed by atoms with E-state index >= 15 is 0 Å². The average Bonchev–Trinajstić information content (AvgIpc) is 2.85. The van der Waals surface area contributed by atoms with Crippen molar-refractivity contribution in [3.05, 3.63) is 46.0 Å². The van der Waals surface area contributed by atoms with Crippen LogP contribution in [0.15, 0.2) is 18.2 Å². The highest BCUT2D eigenvalue weighted by atomic mass is 35.5. The molecule has 0 N–H and O–H groups in total. The van der Waals surface area contributed by atoms with Crippen LogP contribution in [0.4, 0.5) is 4.39 Å². The number of benzene rings is 1. The van der Waals surface area contributed by atoms with Gasteiger partial charge in [-0.3, -0.25) is 0 Å². The van der Waals surface area contributed by atoms with Crippen LogP contribution in [0.25, 0.3) is 0 Å². The summed E-state index contributed by atoms with van der Waals surface area (Å²) < 4.78 is 20.0. The molecule has 0 saturated heterocycles. The molecule has 0 saturated carbocycles. The molecule has 7 heteroatoms. The summed E-state index contributed by atoms with van der Waals surface area (Å²) in [6, 6.07) is 4.32. The first-order valence-corrected chi connectivity index (χ1v) is 6.89. The minimum absolute atomic E-state index is 0.158. The Bertz CT molecular complexity index is 658. The molecule has 0 atom stereocenters. The Morgan fingerprint density at radius 2 is 2.24 bits per heavy atom. The molecule has 2 rings (SSSR count). The van der Waals surface area contributed by atoms with E-state index < -0.39 is 5.97 Å². The van der Waals surface area contributed by atoms with Gasteiger partial charge in [-0.1, -0.05) is 30.2 Å². The largest absolute Gasteiger partial charge is 0.464 e. The summed E-state index contributed by atoms with van der Waals surface area (Å²) in [5.74, 6) is -0.923. The number of esters is 1. The molecule has 0 aliphatic heterocycles. The second-order valence-corrected chi connectivity index (χ2v) is 4.96. The Balaban J connectivity index is 2.37. The van der Waals surface area contributed by atoms with Gasteiger partial charge in [0.25, 0.3) is 0 Å². The summed E-state index contributed by atoms with van der Waals surface area (Å²) in [5.41, 5.74) is 1.19. The van der Waals surface area contributed by atoms with Gasteiger partial charge in [-0.2, -0.15) is 0 Å². The Morgan fingerprint density at radius 3 is 2.90 bits per heavy atom. The topological polar surface area (TPSA) is 57.0 Å². The molecule has 1 aromatic heterocycles. The van der Waals surface area contributed by atoms with E-state index in [1.165, 1.54) is 30.0 Å². The van der Waals surface area contributed by atoms with E-state index in [0.717, 1.165) is 6.42 Å². The van der Waals surface area contributed by atoms with E-state index in [1.807, 2.05) is 6.92 Å². The second kappa shape index (κ2) is 6.67. The monoisotopic (exact) mass is 311 g/mol. The van der Waals surface area contributed by atoms with E-state index in [4.69, 9.17) is 11.6 Å². The van der Waals surface area contributed by atoms with Crippen LogP contribution >= 0.6 is 11.6 Å². The van der Waals surface area contributed by atoms with Crippen LogP contribution in [0.5, 0.6) is 0 Å². The molecule has 1 aromatic carbocycles. The number of halogens is 2. The Morgan fingerprint density at radius 1 is 1.48 bits per heavy atom. The molecule has 21 heavy (non-hydrogen) atoms. The first kappa shape index (κ1) is 15.4. The second-order valence-electron chi connectivity index (χ2n) is 4.52. The van der Waals surface area contributed by atoms with E-state index in [9.17, 15) is 9.18 Å². The molecule has 112 valence electrons. The van der Waals surface area contributed by atoms with E-state index in [0.29, 0.717) is 22.7 Å². The fourth-order valence-corrected chi connectivity index (χ4v) is 2.22. The van der Waals surface area contributed by atoms with Crippen molar-refractivity contribution in [2.24, 2.45) is 0 Å². The van der Waals surface area contributed by atoms with E-state index in [1.54, 1.807) is 0 Å². The number of rotatable bonds is 5. The number of carbonyl (C=O) groups is 1. The maximum Gasteiger partial charge on any atom is 0.360 e. The fraction of sp³-hybridized carbons (Fsp3) is 0.357. The first-order valence-electron chi connectivity index (χ1n) is 6.51. The van der Waals surface area contributed by atoms with E-state index in [-0.39, 0.29) is 18.1 Å². The van der Waals surface area contributed by atoms with Gasteiger partial charge >= 0.3 is 5.97 Å². The van der Waals surface area contributed by atoms with Crippen LogP contribution in [0.2, 0.25) is 5.02 Å². The summed E-state index contributed by atoms with van der Waals surface area (Å²) >= 11 is 5.88. The van der Waals surface area contributed by atoms with Crippen molar-refractivity contribution < 1.29 is 13.9 Å². The minimum Gasteiger partial charge on any atom is -0.464 e. The maximum atomic E-state index is 13.8. The highest BCUT2D eigenvalue weighted by molar-refractivity contribution is 6.30. The van der Waals surface area contributed by atoms with Crippen LogP contribution in [-0.4, -0.2) is 28.1 Å². The molecular weight excluding hydrogens is 297 g/mol. The zero-order valence-electron chi connectivity index (χ0n) is 11.8. The lowest BCUT2D eigenvalue weighted by atomic mass is 10.1. The van der Waals surface area contributed by atoms with Crippen molar-refractivity contribution >= 4 is 17.6 Å². The number of ether oxygens (including phenoxy) is 1. The molecule has 0 bridgehead atoms. The molecule has 0 aliphatic rings. The van der Waals surface area contributed by atoms with Crippen molar-refractivity contribution in [3.63, 3.8) is 0 Å². The third kappa shape index (κ3) is 3.39. The Hall–Kier alpha value is -1.95. The average molecular weight is 312 g/mol. The Labute approximate surface area is 126 Å². The van der Waals surface area contributed by atoms with Gasteiger partial charge < -0.3 is 4.74 Å². The van der Waals surface area contributed by atoms with Crippen LogP contribution < -0.4 is 0 Å². The SMILES string of the molecule is CCCc1c(C(=O)OC)nnn1Cc1cc(Cl)ccc1F. The van der Waals surface area contributed by atoms with Crippen molar-refractivity contribution in [3.8, 4) is 0 Å². The molecule has 0 spiro atoms. The lowest BCUT2D eigenvalue weighted by molar-refractivity contribution is 0.0592. The van der Waals surface area contributed by atoms with Crippen LogP contribution in [0.1, 0.15) is 35.1 Å². The molecule has 0 aliphatic carbocycles. The quantitative estimate of drug-likeness (QED) is 0.797. The van der Waals surface area contributed by atoms with Crippen LogP contribution in [0, 0.1) is 5.82 Å². The van der Waals surface area contributed by atoms with Crippen LogP contribution in [0.3, 0.4) is 0 Å². The number of nitrogens with zero attached hydrogens (tertiary/aromatic N) is 3. The molecule has 2 aromatic rings. The summed E-state index contributed by atoms with van der Waals surface area (Å²) in [6.07, 6.45) is 1.40. The highest BCUT2D eigenvalue weighted by Crippen LogP contribution is 2.18. The number of hydrogen-bond acceptors (Lipinski definition) is 4. The van der Waals surface area contributed by atoms with Gasteiger partial charge in [0.1, 0.15) is 5.82 Å². The third-order valence-corrected chi connectivity index (χ3v) is 3.27. The third-order valence-electron chi connectivity index (χ3n) is 3.03. The Kier molecular flexibility index (Phi) is 4.90. The summed E-state index contributed by atoms with van der Waals surface area (Å²) in [5, 5.41) is 8.20. The maximum absolute atomic E-state index is 13.8. The van der Waals surface area contributed by atoms with Crippen LogP contribution in [-0.2, 0) is 17.7 Å². The lowest BCUT2D eigenvalue weighted by Gasteiger charge is -2.08. The van der Waals surface area contributed by atoms with Gasteiger partial charge in [0, 0.05) is 10.6 Å². The zero-order valence-corrected chi connectivity index (χ0v) is 12.5. The molecule has 0 radical (unpaired) electrons. The van der Waals surface area contributed by atoms with Gasteiger partial charge in [0.2, 0.25) is 0 Å². The van der Waals surface area contributed by atoms with Gasteiger partial charge in [0.15, 0.2) is 5.69 Å². The number of hydrogen-bond donors (Lipinski definition) is 0. The summed E-state index contributed by atoms with van der Waals surface area (Å²) in [6.45, 7) is 2.13. The fourth-order valence-electron chi connectivity index (χ4n) is 2.03. The molecule has 0 unspecified atom stereocenters. The van der Waals surface area contributed by atoms with Crippen molar-refractivity contribution in [2.75, 3.05) is 7.11 Å². The minimum atomic E-state index is -0.545. The standard InChI is InChI=1S/C14H15ClFN3O2/c1-3-4-12-13(14(20)21-2)17-18-19(12)8-9-7-10(15)5-6-11(9)16/h5-7H,3-4,8H2,1-2H3. The van der Waals surface area contributed by atoms with Crippen molar-refractivity contribution in [1.82, 2.24) is 15.0 Å². The molecule has 1 heterocycles. The number of methoxy groups -OCH3 is 1. The lowest BCUT2D eigenvalue weighted by Crippen LogP contribution is -2.11. The predicted molar refractivity (Wildman–Crippen MR) is 75.9 cm³/mol. The number of carbonyl (C=O) groups excluding carboxylic acids is 1. The number of aromatic nitrogens is 3. The first-order chi connectivity index (χ1) is 10.1. The molecule has 0 fully saturated rings. The smallest absolute Gasteiger partial charge is 0.360 e. The molecule has 5 nitrogen and oxygen atoms in total.